The lowest BCUT2D eigenvalue weighted by Gasteiger charge is -2.16. The fourth-order valence-corrected chi connectivity index (χ4v) is 2.58. The van der Waals surface area contributed by atoms with Crippen molar-refractivity contribution in [1.29, 1.82) is 0 Å². The molecule has 0 aliphatic heterocycles. The van der Waals surface area contributed by atoms with E-state index in [4.69, 9.17) is 15.4 Å². The normalized spacial score (nSPS) is 13.4. The summed E-state index contributed by atoms with van der Waals surface area (Å²) in [6, 6.07) is 4.30. The van der Waals surface area contributed by atoms with Gasteiger partial charge < -0.3 is 4.74 Å². The monoisotopic (exact) mass is 304 g/mol. The third-order valence-electron chi connectivity index (χ3n) is 2.92. The van der Waals surface area contributed by atoms with Crippen molar-refractivity contribution < 1.29 is 17.9 Å². The van der Waals surface area contributed by atoms with Gasteiger partial charge >= 0.3 is 5.97 Å². The average molecular weight is 305 g/mol. The highest BCUT2D eigenvalue weighted by Gasteiger charge is 2.19. The van der Waals surface area contributed by atoms with Gasteiger partial charge in [0.05, 0.1) is 10.5 Å². The Balaban J connectivity index is 3.07. The summed E-state index contributed by atoms with van der Waals surface area (Å²) >= 11 is 0. The van der Waals surface area contributed by atoms with Crippen LogP contribution in [0.3, 0.4) is 0 Å². The second-order valence-corrected chi connectivity index (χ2v) is 7.31. The van der Waals surface area contributed by atoms with Crippen molar-refractivity contribution in [2.75, 3.05) is 0 Å². The van der Waals surface area contributed by atoms with Crippen LogP contribution in [-0.2, 0) is 13.8 Å². The Morgan fingerprint density at radius 3 is 2.32 bits per heavy atom. The van der Waals surface area contributed by atoms with Gasteiger partial charge in [-0.05, 0) is 37.5 Å². The molecule has 106 valence electrons. The second-order valence-electron chi connectivity index (χ2n) is 4.77. The van der Waals surface area contributed by atoms with E-state index in [0.717, 1.165) is 0 Å². The fraction of sp³-hybridized carbons (Fsp3) is 0.462. The van der Waals surface area contributed by atoms with Gasteiger partial charge in [0.1, 0.15) is 6.10 Å². The van der Waals surface area contributed by atoms with Crippen molar-refractivity contribution in [2.24, 2.45) is 5.92 Å². The third kappa shape index (κ3) is 4.21. The highest BCUT2D eigenvalue weighted by molar-refractivity contribution is 8.13. The molecular weight excluding hydrogens is 288 g/mol. The van der Waals surface area contributed by atoms with E-state index in [0.29, 0.717) is 5.56 Å². The van der Waals surface area contributed by atoms with Gasteiger partial charge in [-0.2, -0.15) is 0 Å². The SMILES string of the molecule is Cc1ccc(C(=O)OC(C)C(C)C)cc1S(=O)(=O)Cl. The minimum atomic E-state index is -3.87. The lowest BCUT2D eigenvalue weighted by Crippen LogP contribution is -2.20. The number of halogens is 1. The summed E-state index contributed by atoms with van der Waals surface area (Å²) in [7, 11) is 1.45. The molecule has 0 aliphatic carbocycles. The van der Waals surface area contributed by atoms with E-state index in [9.17, 15) is 13.2 Å². The summed E-state index contributed by atoms with van der Waals surface area (Å²) in [5.41, 5.74) is 0.667. The van der Waals surface area contributed by atoms with Crippen molar-refractivity contribution >= 4 is 25.7 Å². The number of rotatable bonds is 4. The molecule has 1 atom stereocenters. The van der Waals surface area contributed by atoms with Crippen LogP contribution in [0.4, 0.5) is 0 Å². The Labute approximate surface area is 118 Å². The lowest BCUT2D eigenvalue weighted by atomic mass is 10.1. The van der Waals surface area contributed by atoms with Crippen molar-refractivity contribution in [2.45, 2.75) is 38.7 Å². The van der Waals surface area contributed by atoms with Gasteiger partial charge in [0.25, 0.3) is 9.05 Å². The maximum absolute atomic E-state index is 11.9. The molecule has 1 unspecified atom stereocenters. The zero-order valence-corrected chi connectivity index (χ0v) is 12.9. The van der Waals surface area contributed by atoms with Crippen LogP contribution in [0.1, 0.15) is 36.7 Å². The van der Waals surface area contributed by atoms with Gasteiger partial charge in [0.15, 0.2) is 0 Å². The molecule has 1 rings (SSSR count). The van der Waals surface area contributed by atoms with Gasteiger partial charge in [-0.15, -0.1) is 0 Å². The summed E-state index contributed by atoms with van der Waals surface area (Å²) in [5, 5.41) is 0. The van der Waals surface area contributed by atoms with Gasteiger partial charge in [0, 0.05) is 10.7 Å². The van der Waals surface area contributed by atoms with E-state index in [-0.39, 0.29) is 22.5 Å². The molecule has 0 spiro atoms. The average Bonchev–Trinajstić information content (AvgIpc) is 2.27. The van der Waals surface area contributed by atoms with Crippen LogP contribution in [0, 0.1) is 12.8 Å². The molecule has 0 bridgehead atoms. The van der Waals surface area contributed by atoms with E-state index in [2.05, 4.69) is 0 Å². The molecule has 4 nitrogen and oxygen atoms in total. The number of carbonyl (C=O) groups excluding carboxylic acids is 1. The molecule has 0 fully saturated rings. The number of ether oxygens (including phenoxy) is 1. The number of aryl methyl sites for hydroxylation is 1. The summed E-state index contributed by atoms with van der Waals surface area (Å²) < 4.78 is 28.0. The maximum Gasteiger partial charge on any atom is 0.338 e. The van der Waals surface area contributed by atoms with Gasteiger partial charge in [-0.3, -0.25) is 0 Å². The Morgan fingerprint density at radius 1 is 1.26 bits per heavy atom. The zero-order chi connectivity index (χ0) is 14.8. The van der Waals surface area contributed by atoms with Gasteiger partial charge in [-0.25, -0.2) is 13.2 Å². The van der Waals surface area contributed by atoms with Crippen molar-refractivity contribution in [3.05, 3.63) is 29.3 Å². The number of benzene rings is 1. The fourth-order valence-electron chi connectivity index (χ4n) is 1.36. The first-order valence-corrected chi connectivity index (χ1v) is 8.20. The molecule has 0 saturated heterocycles. The van der Waals surface area contributed by atoms with Crippen LogP contribution in [0.5, 0.6) is 0 Å². The minimum absolute atomic E-state index is 0.0687. The summed E-state index contributed by atoms with van der Waals surface area (Å²) in [4.78, 5) is 11.8. The topological polar surface area (TPSA) is 60.4 Å². The molecule has 1 aromatic carbocycles. The maximum atomic E-state index is 11.9. The van der Waals surface area contributed by atoms with Crippen molar-refractivity contribution in [3.8, 4) is 0 Å². The summed E-state index contributed by atoms with van der Waals surface area (Å²) in [5.74, 6) is -0.367. The van der Waals surface area contributed by atoms with Gasteiger partial charge in [-0.1, -0.05) is 19.9 Å². The van der Waals surface area contributed by atoms with Crippen LogP contribution in [0.2, 0.25) is 0 Å². The summed E-state index contributed by atoms with van der Waals surface area (Å²) in [6.45, 7) is 7.26. The Morgan fingerprint density at radius 2 is 1.84 bits per heavy atom. The van der Waals surface area contributed by atoms with Gasteiger partial charge in [0.2, 0.25) is 0 Å². The largest absolute Gasteiger partial charge is 0.459 e. The molecule has 0 aliphatic rings. The molecule has 0 heterocycles. The first-order chi connectivity index (χ1) is 8.62. The van der Waals surface area contributed by atoms with Crippen LogP contribution in [0.15, 0.2) is 23.1 Å². The highest BCUT2D eigenvalue weighted by atomic mass is 35.7. The Bertz CT molecular complexity index is 578. The molecule has 1 aromatic rings. The molecular formula is C13H17ClO4S. The third-order valence-corrected chi connectivity index (χ3v) is 4.38. The molecule has 0 saturated carbocycles. The number of hydrogen-bond acceptors (Lipinski definition) is 4. The predicted octanol–water partition coefficient (Wildman–Crippen LogP) is 3.12. The molecule has 0 amide bonds. The molecule has 19 heavy (non-hydrogen) atoms. The number of hydrogen-bond donors (Lipinski definition) is 0. The number of carbonyl (C=O) groups is 1. The quantitative estimate of drug-likeness (QED) is 0.633. The molecule has 0 aromatic heterocycles. The predicted molar refractivity (Wildman–Crippen MR) is 73.9 cm³/mol. The second kappa shape index (κ2) is 5.92. The first-order valence-electron chi connectivity index (χ1n) is 5.89. The van der Waals surface area contributed by atoms with E-state index in [1.165, 1.54) is 18.2 Å². The lowest BCUT2D eigenvalue weighted by molar-refractivity contribution is 0.0238. The highest BCUT2D eigenvalue weighted by Crippen LogP contribution is 2.22. The smallest absolute Gasteiger partial charge is 0.338 e. The Hall–Kier alpha value is -1.07. The molecule has 0 N–H and O–H groups in total. The van der Waals surface area contributed by atoms with Crippen LogP contribution in [-0.4, -0.2) is 20.5 Å². The minimum Gasteiger partial charge on any atom is -0.459 e. The Kier molecular flexibility index (Phi) is 4.98. The van der Waals surface area contributed by atoms with E-state index >= 15 is 0 Å². The van der Waals surface area contributed by atoms with E-state index in [1.54, 1.807) is 13.8 Å². The zero-order valence-electron chi connectivity index (χ0n) is 11.3. The first kappa shape index (κ1) is 16.0. The molecule has 6 heteroatoms. The van der Waals surface area contributed by atoms with Crippen LogP contribution in [0.25, 0.3) is 0 Å². The number of esters is 1. The van der Waals surface area contributed by atoms with Crippen LogP contribution >= 0.6 is 10.7 Å². The van der Waals surface area contributed by atoms with Crippen molar-refractivity contribution in [1.82, 2.24) is 0 Å². The van der Waals surface area contributed by atoms with E-state index in [1.807, 2.05) is 13.8 Å². The van der Waals surface area contributed by atoms with E-state index < -0.39 is 15.0 Å². The molecule has 0 radical (unpaired) electrons. The standard InChI is InChI=1S/C13H17ClO4S/c1-8(2)10(4)18-13(15)11-6-5-9(3)12(7-11)19(14,16)17/h5-8,10H,1-4H3. The van der Waals surface area contributed by atoms with Crippen LogP contribution < -0.4 is 0 Å². The van der Waals surface area contributed by atoms with Crippen molar-refractivity contribution in [3.63, 3.8) is 0 Å². The summed E-state index contributed by atoms with van der Waals surface area (Å²) in [6.07, 6.45) is -0.245.